The number of nitrogens with zero attached hydrogens (tertiary/aromatic N) is 1. The molecule has 1 amide bonds. The van der Waals surface area contributed by atoms with E-state index in [-0.39, 0.29) is 29.3 Å². The van der Waals surface area contributed by atoms with Crippen molar-refractivity contribution in [3.63, 3.8) is 0 Å². The Hall–Kier alpha value is -2.41. The number of nitrogens with one attached hydrogen (secondary N) is 2. The zero-order valence-corrected chi connectivity index (χ0v) is 13.0. The van der Waals surface area contributed by atoms with E-state index in [9.17, 15) is 14.0 Å². The Labute approximate surface area is 136 Å². The van der Waals surface area contributed by atoms with E-state index in [0.29, 0.717) is 16.5 Å². The monoisotopic (exact) mass is 331 g/mol. The number of hydrogen-bond acceptors (Lipinski definition) is 4. The molecule has 1 atom stereocenters. The summed E-state index contributed by atoms with van der Waals surface area (Å²) in [5, 5.41) is 3.00. The van der Waals surface area contributed by atoms with Crippen molar-refractivity contribution in [1.29, 1.82) is 0 Å². The van der Waals surface area contributed by atoms with Gasteiger partial charge in [-0.05, 0) is 11.6 Å². The average Bonchev–Trinajstić information content (AvgIpc) is 2.52. The van der Waals surface area contributed by atoms with Crippen molar-refractivity contribution in [2.45, 2.75) is 17.5 Å². The maximum Gasteiger partial charge on any atom is 0.257 e. The number of H-pyrrole nitrogens is 1. The molecule has 7 heteroatoms. The number of amides is 1. The van der Waals surface area contributed by atoms with Crippen LogP contribution in [0.2, 0.25) is 0 Å². The summed E-state index contributed by atoms with van der Waals surface area (Å²) in [5.41, 5.74) is 0.245. The van der Waals surface area contributed by atoms with Crippen LogP contribution in [0, 0.1) is 5.82 Å². The molecule has 3 rings (SSSR count). The van der Waals surface area contributed by atoms with Crippen molar-refractivity contribution in [2.75, 3.05) is 11.1 Å². The van der Waals surface area contributed by atoms with Crippen LogP contribution in [-0.4, -0.2) is 21.6 Å². The van der Waals surface area contributed by atoms with Crippen LogP contribution in [0.25, 0.3) is 0 Å². The van der Waals surface area contributed by atoms with Crippen LogP contribution in [0.3, 0.4) is 0 Å². The maximum atomic E-state index is 14.1. The fourth-order valence-corrected chi connectivity index (χ4v) is 3.18. The minimum Gasteiger partial charge on any atom is -0.310 e. The number of carbonyl (C=O) groups excluding carboxylic acids is 1. The van der Waals surface area contributed by atoms with Crippen molar-refractivity contribution in [1.82, 2.24) is 9.97 Å². The summed E-state index contributed by atoms with van der Waals surface area (Å²) in [4.78, 5) is 31.3. The van der Waals surface area contributed by atoms with Gasteiger partial charge in [-0.2, -0.15) is 0 Å². The molecule has 2 heterocycles. The van der Waals surface area contributed by atoms with Gasteiger partial charge in [0.1, 0.15) is 11.6 Å². The number of anilines is 1. The first-order valence-electron chi connectivity index (χ1n) is 7.02. The van der Waals surface area contributed by atoms with Gasteiger partial charge in [-0.15, -0.1) is 6.58 Å². The van der Waals surface area contributed by atoms with Crippen LogP contribution >= 0.6 is 11.8 Å². The topological polar surface area (TPSA) is 74.8 Å². The molecule has 0 bridgehead atoms. The maximum absolute atomic E-state index is 14.1. The highest BCUT2D eigenvalue weighted by Gasteiger charge is 2.32. The first-order valence-corrected chi connectivity index (χ1v) is 8.01. The van der Waals surface area contributed by atoms with Crippen molar-refractivity contribution < 1.29 is 9.18 Å². The lowest BCUT2D eigenvalue weighted by Crippen LogP contribution is -2.31. The SMILES string of the molecule is C=CCSc1nc2c(c(=O)[nH]1)[C@@H](c1ccccc1F)CC(=O)N2. The van der Waals surface area contributed by atoms with Gasteiger partial charge in [0.05, 0.1) is 5.56 Å². The quantitative estimate of drug-likeness (QED) is 0.513. The summed E-state index contributed by atoms with van der Waals surface area (Å²) >= 11 is 1.30. The van der Waals surface area contributed by atoms with E-state index < -0.39 is 11.7 Å². The zero-order chi connectivity index (χ0) is 16.4. The normalized spacial score (nSPS) is 16.6. The van der Waals surface area contributed by atoms with Crippen LogP contribution in [0.4, 0.5) is 10.2 Å². The number of aromatic amines is 1. The summed E-state index contributed by atoms with van der Waals surface area (Å²) in [7, 11) is 0. The van der Waals surface area contributed by atoms with Gasteiger partial charge in [-0.1, -0.05) is 36.0 Å². The molecule has 0 saturated carbocycles. The molecular formula is C16H14FN3O2S. The Morgan fingerprint density at radius 1 is 1.39 bits per heavy atom. The summed E-state index contributed by atoms with van der Waals surface area (Å²) in [5.74, 6) is -0.600. The van der Waals surface area contributed by atoms with Crippen LogP contribution < -0.4 is 10.9 Å². The Kier molecular flexibility index (Phi) is 4.29. The molecule has 0 saturated heterocycles. The van der Waals surface area contributed by atoms with E-state index in [1.807, 2.05) is 0 Å². The Morgan fingerprint density at radius 3 is 2.91 bits per heavy atom. The standard InChI is InChI=1S/C16H14FN3O2S/c1-2-7-23-16-19-14-13(15(22)20-16)10(8-12(21)18-14)9-5-3-4-6-11(9)17/h2-6,10H,1,7-8H2,(H2,18,19,20,21,22)/t10-/m1/s1. The average molecular weight is 331 g/mol. The third-order valence-corrected chi connectivity index (χ3v) is 4.42. The predicted molar refractivity (Wildman–Crippen MR) is 87.3 cm³/mol. The summed E-state index contributed by atoms with van der Waals surface area (Å²) in [6, 6.07) is 6.15. The number of halogens is 1. The van der Waals surface area contributed by atoms with Crippen molar-refractivity contribution in [2.24, 2.45) is 0 Å². The molecule has 0 unspecified atom stereocenters. The van der Waals surface area contributed by atoms with Crippen LogP contribution in [0.1, 0.15) is 23.5 Å². The number of fused-ring (bicyclic) bond motifs is 1. The molecule has 2 aromatic rings. The van der Waals surface area contributed by atoms with Gasteiger partial charge in [0.15, 0.2) is 5.16 Å². The van der Waals surface area contributed by atoms with Gasteiger partial charge in [0, 0.05) is 18.1 Å². The number of hydrogen-bond donors (Lipinski definition) is 2. The lowest BCUT2D eigenvalue weighted by Gasteiger charge is -2.24. The van der Waals surface area contributed by atoms with E-state index in [2.05, 4.69) is 21.9 Å². The molecule has 0 fully saturated rings. The van der Waals surface area contributed by atoms with E-state index in [4.69, 9.17) is 0 Å². The summed E-state index contributed by atoms with van der Waals surface area (Å²) < 4.78 is 14.1. The lowest BCUT2D eigenvalue weighted by atomic mass is 9.86. The number of aromatic nitrogens is 2. The molecular weight excluding hydrogens is 317 g/mol. The van der Waals surface area contributed by atoms with Gasteiger partial charge in [0.25, 0.3) is 5.56 Å². The fraction of sp³-hybridized carbons (Fsp3) is 0.188. The highest BCUT2D eigenvalue weighted by atomic mass is 32.2. The summed E-state index contributed by atoms with van der Waals surface area (Å²) in [6.07, 6.45) is 1.70. The molecule has 23 heavy (non-hydrogen) atoms. The third-order valence-electron chi connectivity index (χ3n) is 3.55. The second kappa shape index (κ2) is 6.37. The molecule has 0 spiro atoms. The van der Waals surface area contributed by atoms with Crippen molar-refractivity contribution in [3.8, 4) is 0 Å². The predicted octanol–water partition coefficient (Wildman–Crippen LogP) is 2.66. The second-order valence-corrected chi connectivity index (χ2v) is 6.07. The van der Waals surface area contributed by atoms with E-state index in [1.165, 1.54) is 17.8 Å². The number of thioether (sulfide) groups is 1. The highest BCUT2D eigenvalue weighted by Crippen LogP contribution is 2.35. The Bertz CT molecular complexity index is 834. The molecule has 0 radical (unpaired) electrons. The van der Waals surface area contributed by atoms with Gasteiger partial charge >= 0.3 is 0 Å². The van der Waals surface area contributed by atoms with Gasteiger partial charge in [-0.3, -0.25) is 9.59 Å². The lowest BCUT2D eigenvalue weighted by molar-refractivity contribution is -0.116. The first-order chi connectivity index (χ1) is 11.1. The molecule has 1 aromatic carbocycles. The Balaban J connectivity index is 2.11. The minimum atomic E-state index is -0.644. The Morgan fingerprint density at radius 2 is 2.17 bits per heavy atom. The van der Waals surface area contributed by atoms with Crippen molar-refractivity contribution >= 4 is 23.5 Å². The van der Waals surface area contributed by atoms with Gasteiger partial charge in [0.2, 0.25) is 5.91 Å². The molecule has 1 aromatic heterocycles. The second-order valence-electron chi connectivity index (χ2n) is 5.06. The van der Waals surface area contributed by atoms with Crippen LogP contribution in [0.5, 0.6) is 0 Å². The smallest absolute Gasteiger partial charge is 0.257 e. The molecule has 5 nitrogen and oxygen atoms in total. The number of benzene rings is 1. The van der Waals surface area contributed by atoms with Crippen molar-refractivity contribution in [3.05, 3.63) is 64.2 Å². The number of carbonyl (C=O) groups is 1. The zero-order valence-electron chi connectivity index (χ0n) is 12.1. The van der Waals surface area contributed by atoms with E-state index >= 15 is 0 Å². The van der Waals surface area contributed by atoms with Crippen LogP contribution in [-0.2, 0) is 4.79 Å². The molecule has 118 valence electrons. The van der Waals surface area contributed by atoms with E-state index in [1.54, 1.807) is 24.3 Å². The number of rotatable bonds is 4. The van der Waals surface area contributed by atoms with Gasteiger partial charge < -0.3 is 10.3 Å². The summed E-state index contributed by atoms with van der Waals surface area (Å²) in [6.45, 7) is 3.61. The molecule has 1 aliphatic rings. The minimum absolute atomic E-state index is 0.0117. The van der Waals surface area contributed by atoms with Gasteiger partial charge in [-0.25, -0.2) is 9.37 Å². The molecule has 1 aliphatic heterocycles. The molecule has 2 N–H and O–H groups in total. The largest absolute Gasteiger partial charge is 0.310 e. The fourth-order valence-electron chi connectivity index (χ4n) is 2.58. The van der Waals surface area contributed by atoms with Crippen LogP contribution in [0.15, 0.2) is 46.9 Å². The third kappa shape index (κ3) is 3.05. The first kappa shape index (κ1) is 15.5. The van der Waals surface area contributed by atoms with E-state index in [0.717, 1.165) is 0 Å². The molecule has 0 aliphatic carbocycles. The highest BCUT2D eigenvalue weighted by molar-refractivity contribution is 7.99.